The van der Waals surface area contributed by atoms with Crippen LogP contribution in [0.3, 0.4) is 0 Å². The van der Waals surface area contributed by atoms with Crippen LogP contribution in [0.4, 0.5) is 5.69 Å². The Balaban J connectivity index is 2.20. The van der Waals surface area contributed by atoms with Crippen molar-refractivity contribution < 1.29 is 13.5 Å². The molecule has 0 atom stereocenters. The van der Waals surface area contributed by atoms with Crippen LogP contribution in [0.15, 0.2) is 29.2 Å². The number of rotatable bonds is 5. The zero-order chi connectivity index (χ0) is 14.0. The van der Waals surface area contributed by atoms with Crippen LogP contribution in [-0.2, 0) is 10.0 Å². The highest BCUT2D eigenvalue weighted by molar-refractivity contribution is 7.89. The standard InChI is InChI=1S/C13H20N2O3S/c1-14-19(17,18)13-6-4-3-5-12(13)15(2)9-10-7-11(16)8-10/h3-6,10-11,14,16H,7-9H2,1-2H3. The van der Waals surface area contributed by atoms with Gasteiger partial charge in [0.05, 0.1) is 11.8 Å². The molecule has 0 bridgehead atoms. The van der Waals surface area contributed by atoms with E-state index in [1.54, 1.807) is 18.2 Å². The van der Waals surface area contributed by atoms with Gasteiger partial charge in [-0.3, -0.25) is 0 Å². The van der Waals surface area contributed by atoms with Crippen molar-refractivity contribution in [3.63, 3.8) is 0 Å². The molecule has 0 aromatic heterocycles. The second kappa shape index (κ2) is 5.48. The molecule has 1 aromatic rings. The molecule has 5 nitrogen and oxygen atoms in total. The third kappa shape index (κ3) is 3.08. The summed E-state index contributed by atoms with van der Waals surface area (Å²) < 4.78 is 26.3. The number of sulfonamides is 1. The van der Waals surface area contributed by atoms with E-state index >= 15 is 0 Å². The van der Waals surface area contributed by atoms with E-state index in [0.717, 1.165) is 19.4 Å². The van der Waals surface area contributed by atoms with Gasteiger partial charge in [-0.2, -0.15) is 0 Å². The molecule has 6 heteroatoms. The molecule has 0 saturated heterocycles. The second-order valence-electron chi connectivity index (χ2n) is 5.05. The maximum Gasteiger partial charge on any atom is 0.242 e. The highest BCUT2D eigenvalue weighted by Crippen LogP contribution is 2.31. The molecule has 106 valence electrons. The average Bonchev–Trinajstić information content (AvgIpc) is 2.37. The summed E-state index contributed by atoms with van der Waals surface area (Å²) >= 11 is 0. The number of hydrogen-bond acceptors (Lipinski definition) is 4. The molecule has 0 heterocycles. The van der Waals surface area contributed by atoms with Crippen LogP contribution < -0.4 is 9.62 Å². The summed E-state index contributed by atoms with van der Waals surface area (Å²) in [5, 5.41) is 9.30. The Morgan fingerprint density at radius 3 is 2.58 bits per heavy atom. The lowest BCUT2D eigenvalue weighted by atomic mass is 9.82. The van der Waals surface area contributed by atoms with Gasteiger partial charge in [0.2, 0.25) is 10.0 Å². The van der Waals surface area contributed by atoms with Crippen LogP contribution in [0.2, 0.25) is 0 Å². The molecule has 0 spiro atoms. The van der Waals surface area contributed by atoms with E-state index in [2.05, 4.69) is 4.72 Å². The first kappa shape index (κ1) is 14.3. The van der Waals surface area contributed by atoms with E-state index in [1.165, 1.54) is 7.05 Å². The molecule has 0 radical (unpaired) electrons. The van der Waals surface area contributed by atoms with Crippen molar-refractivity contribution in [2.24, 2.45) is 5.92 Å². The van der Waals surface area contributed by atoms with Crippen molar-refractivity contribution in [3.8, 4) is 0 Å². The van der Waals surface area contributed by atoms with Gasteiger partial charge < -0.3 is 10.0 Å². The normalized spacial score (nSPS) is 22.9. The minimum Gasteiger partial charge on any atom is -0.393 e. The molecule has 1 aliphatic carbocycles. The first-order valence-corrected chi connectivity index (χ1v) is 7.84. The maximum atomic E-state index is 12.0. The van der Waals surface area contributed by atoms with Gasteiger partial charge in [0.25, 0.3) is 0 Å². The van der Waals surface area contributed by atoms with E-state index in [-0.39, 0.29) is 6.10 Å². The third-order valence-electron chi connectivity index (χ3n) is 3.58. The number of hydrogen-bond donors (Lipinski definition) is 2. The molecule has 0 amide bonds. The highest BCUT2D eigenvalue weighted by Gasteiger charge is 2.29. The van der Waals surface area contributed by atoms with Gasteiger partial charge in [-0.05, 0) is 37.9 Å². The molecule has 1 saturated carbocycles. The Morgan fingerprint density at radius 2 is 2.00 bits per heavy atom. The summed E-state index contributed by atoms with van der Waals surface area (Å²) in [7, 11) is -0.155. The highest BCUT2D eigenvalue weighted by atomic mass is 32.2. The van der Waals surface area contributed by atoms with E-state index in [4.69, 9.17) is 0 Å². The van der Waals surface area contributed by atoms with Crippen molar-refractivity contribution in [3.05, 3.63) is 24.3 Å². The lowest BCUT2D eigenvalue weighted by molar-refractivity contribution is 0.0464. The van der Waals surface area contributed by atoms with E-state index < -0.39 is 10.0 Å². The molecular formula is C13H20N2O3S. The minimum atomic E-state index is -3.45. The Labute approximate surface area is 114 Å². The van der Waals surface area contributed by atoms with Crippen molar-refractivity contribution >= 4 is 15.7 Å². The van der Waals surface area contributed by atoms with Crippen molar-refractivity contribution in [2.45, 2.75) is 23.8 Å². The first-order valence-electron chi connectivity index (χ1n) is 6.36. The number of benzene rings is 1. The average molecular weight is 284 g/mol. The van der Waals surface area contributed by atoms with Gasteiger partial charge in [0.15, 0.2) is 0 Å². The summed E-state index contributed by atoms with van der Waals surface area (Å²) in [4.78, 5) is 2.24. The molecule has 1 aromatic carbocycles. The molecule has 0 unspecified atom stereocenters. The predicted octanol–water partition coefficient (Wildman–Crippen LogP) is 0.802. The fourth-order valence-electron chi connectivity index (χ4n) is 2.44. The summed E-state index contributed by atoms with van der Waals surface area (Å²) in [6.07, 6.45) is 1.41. The molecule has 19 heavy (non-hydrogen) atoms. The first-order chi connectivity index (χ1) is 8.94. The third-order valence-corrected chi connectivity index (χ3v) is 5.04. The largest absolute Gasteiger partial charge is 0.393 e. The second-order valence-corrected chi connectivity index (χ2v) is 6.90. The minimum absolute atomic E-state index is 0.185. The molecule has 2 N–H and O–H groups in total. The van der Waals surface area contributed by atoms with E-state index in [9.17, 15) is 13.5 Å². The maximum absolute atomic E-state index is 12.0. The number of aliphatic hydroxyl groups is 1. The summed E-state index contributed by atoms with van der Waals surface area (Å²) in [6, 6.07) is 6.96. The summed E-state index contributed by atoms with van der Waals surface area (Å²) in [5.41, 5.74) is 0.693. The van der Waals surface area contributed by atoms with Crippen LogP contribution in [0, 0.1) is 5.92 Å². The van der Waals surface area contributed by atoms with Crippen LogP contribution >= 0.6 is 0 Å². The fourth-order valence-corrected chi connectivity index (χ4v) is 3.42. The molecular weight excluding hydrogens is 264 g/mol. The lowest BCUT2D eigenvalue weighted by Gasteiger charge is -2.35. The summed E-state index contributed by atoms with van der Waals surface area (Å²) in [5.74, 6) is 0.436. The SMILES string of the molecule is CNS(=O)(=O)c1ccccc1N(C)CC1CC(O)C1. The topological polar surface area (TPSA) is 69.6 Å². The molecule has 0 aliphatic heterocycles. The van der Waals surface area contributed by atoms with Crippen molar-refractivity contribution in [2.75, 3.05) is 25.5 Å². The van der Waals surface area contributed by atoms with Gasteiger partial charge in [0, 0.05) is 13.6 Å². The van der Waals surface area contributed by atoms with Crippen LogP contribution in [-0.4, -0.2) is 40.3 Å². The summed E-state index contributed by atoms with van der Waals surface area (Å²) in [6.45, 7) is 0.757. The number of anilines is 1. The van der Waals surface area contributed by atoms with Gasteiger partial charge in [-0.25, -0.2) is 13.1 Å². The number of nitrogens with zero attached hydrogens (tertiary/aromatic N) is 1. The zero-order valence-corrected chi connectivity index (χ0v) is 12.0. The van der Waals surface area contributed by atoms with Gasteiger partial charge in [0.1, 0.15) is 4.90 Å². The number of aliphatic hydroxyl groups excluding tert-OH is 1. The van der Waals surface area contributed by atoms with E-state index in [0.29, 0.717) is 16.5 Å². The van der Waals surface area contributed by atoms with Crippen LogP contribution in [0.1, 0.15) is 12.8 Å². The predicted molar refractivity (Wildman–Crippen MR) is 74.7 cm³/mol. The van der Waals surface area contributed by atoms with Crippen LogP contribution in [0.5, 0.6) is 0 Å². The fraction of sp³-hybridized carbons (Fsp3) is 0.538. The quantitative estimate of drug-likeness (QED) is 0.839. The lowest BCUT2D eigenvalue weighted by Crippen LogP contribution is -2.37. The number of para-hydroxylation sites is 1. The van der Waals surface area contributed by atoms with Crippen LogP contribution in [0.25, 0.3) is 0 Å². The zero-order valence-electron chi connectivity index (χ0n) is 11.2. The van der Waals surface area contributed by atoms with Gasteiger partial charge in [-0.15, -0.1) is 0 Å². The smallest absolute Gasteiger partial charge is 0.242 e. The Kier molecular flexibility index (Phi) is 4.13. The monoisotopic (exact) mass is 284 g/mol. The molecule has 1 fully saturated rings. The van der Waals surface area contributed by atoms with Gasteiger partial charge >= 0.3 is 0 Å². The molecule has 1 aliphatic rings. The van der Waals surface area contributed by atoms with Crippen molar-refractivity contribution in [1.29, 1.82) is 0 Å². The Morgan fingerprint density at radius 1 is 1.37 bits per heavy atom. The molecule has 2 rings (SSSR count). The Bertz CT molecular complexity index is 539. The van der Waals surface area contributed by atoms with E-state index in [1.807, 2.05) is 18.0 Å². The Hall–Kier alpha value is -1.11. The van der Waals surface area contributed by atoms with Crippen molar-refractivity contribution in [1.82, 2.24) is 4.72 Å². The number of nitrogens with one attached hydrogen (secondary N) is 1. The van der Waals surface area contributed by atoms with Gasteiger partial charge in [-0.1, -0.05) is 12.1 Å².